The van der Waals surface area contributed by atoms with Crippen LogP contribution in [0.2, 0.25) is 0 Å². The van der Waals surface area contributed by atoms with Gasteiger partial charge in [-0.3, -0.25) is 4.79 Å². The molecule has 0 saturated heterocycles. The van der Waals surface area contributed by atoms with E-state index in [0.717, 1.165) is 6.42 Å². The molecule has 0 heterocycles. The molecule has 0 radical (unpaired) electrons. The number of allylic oxidation sites excluding steroid dienone is 1. The van der Waals surface area contributed by atoms with Gasteiger partial charge in [0, 0.05) is 12.3 Å². The Bertz CT molecular complexity index is 174. The number of carbonyl (C=O) groups excluding carboxylic acids is 1. The minimum Gasteiger partial charge on any atom is -0.296 e. The number of Topliss-reactive ketones (excluding diaryl/α,β-unsaturated/α-hetero) is 1. The SMILES string of the molecule is C=CC1CCC(=O)C1(Cl)Cl. The van der Waals surface area contributed by atoms with E-state index < -0.39 is 4.33 Å². The van der Waals surface area contributed by atoms with Crippen molar-refractivity contribution in [2.45, 2.75) is 17.2 Å². The Morgan fingerprint density at radius 3 is 2.50 bits per heavy atom. The van der Waals surface area contributed by atoms with E-state index in [0.29, 0.717) is 6.42 Å². The Hall–Kier alpha value is -0.0100. The van der Waals surface area contributed by atoms with Crippen LogP contribution in [0.3, 0.4) is 0 Å². The smallest absolute Gasteiger partial charge is 0.182 e. The van der Waals surface area contributed by atoms with Crippen LogP contribution in [0.15, 0.2) is 12.7 Å². The molecule has 1 fully saturated rings. The van der Waals surface area contributed by atoms with Gasteiger partial charge < -0.3 is 0 Å². The molecule has 1 aliphatic rings. The fourth-order valence-corrected chi connectivity index (χ4v) is 1.69. The molecule has 0 aromatic heterocycles. The molecule has 10 heavy (non-hydrogen) atoms. The monoisotopic (exact) mass is 178 g/mol. The van der Waals surface area contributed by atoms with Gasteiger partial charge in [0.15, 0.2) is 10.1 Å². The van der Waals surface area contributed by atoms with E-state index in [-0.39, 0.29) is 11.7 Å². The number of carbonyl (C=O) groups is 1. The lowest BCUT2D eigenvalue weighted by Crippen LogP contribution is -2.25. The maximum Gasteiger partial charge on any atom is 0.182 e. The molecule has 1 unspecified atom stereocenters. The molecule has 0 aromatic carbocycles. The summed E-state index contributed by atoms with van der Waals surface area (Å²) in [6.45, 7) is 3.55. The molecule has 56 valence electrons. The van der Waals surface area contributed by atoms with Crippen LogP contribution in [-0.4, -0.2) is 10.1 Å². The predicted molar refractivity (Wildman–Crippen MR) is 42.4 cm³/mol. The van der Waals surface area contributed by atoms with Crippen LogP contribution in [0, 0.1) is 5.92 Å². The average Bonchev–Trinajstić information content (AvgIpc) is 2.10. The summed E-state index contributed by atoms with van der Waals surface area (Å²) in [6, 6.07) is 0. The third-order valence-electron chi connectivity index (χ3n) is 1.80. The molecule has 0 amide bonds. The Morgan fingerprint density at radius 1 is 1.70 bits per heavy atom. The van der Waals surface area contributed by atoms with Gasteiger partial charge in [0.2, 0.25) is 0 Å². The minimum atomic E-state index is -1.19. The minimum absolute atomic E-state index is 0.0664. The van der Waals surface area contributed by atoms with Crippen molar-refractivity contribution in [2.24, 2.45) is 5.92 Å². The van der Waals surface area contributed by atoms with Crippen molar-refractivity contribution in [2.75, 3.05) is 0 Å². The number of rotatable bonds is 1. The van der Waals surface area contributed by atoms with Gasteiger partial charge in [0.05, 0.1) is 0 Å². The van der Waals surface area contributed by atoms with Crippen molar-refractivity contribution in [1.82, 2.24) is 0 Å². The van der Waals surface area contributed by atoms with E-state index in [1.54, 1.807) is 6.08 Å². The van der Waals surface area contributed by atoms with Crippen molar-refractivity contribution >= 4 is 29.0 Å². The van der Waals surface area contributed by atoms with E-state index in [4.69, 9.17) is 23.2 Å². The van der Waals surface area contributed by atoms with Gasteiger partial charge in [0.1, 0.15) is 0 Å². The van der Waals surface area contributed by atoms with E-state index in [9.17, 15) is 4.79 Å². The normalized spacial score (nSPS) is 30.6. The first-order chi connectivity index (χ1) is 4.59. The van der Waals surface area contributed by atoms with Gasteiger partial charge in [-0.2, -0.15) is 0 Å². The van der Waals surface area contributed by atoms with Gasteiger partial charge in [-0.05, 0) is 6.42 Å². The quantitative estimate of drug-likeness (QED) is 0.446. The summed E-state index contributed by atoms with van der Waals surface area (Å²) in [7, 11) is 0. The topological polar surface area (TPSA) is 17.1 Å². The second-order valence-corrected chi connectivity index (χ2v) is 3.81. The maximum atomic E-state index is 11.0. The van der Waals surface area contributed by atoms with Crippen LogP contribution in [0.5, 0.6) is 0 Å². The fraction of sp³-hybridized carbons (Fsp3) is 0.571. The zero-order valence-electron chi connectivity index (χ0n) is 5.44. The molecule has 3 heteroatoms. The van der Waals surface area contributed by atoms with Crippen molar-refractivity contribution in [3.05, 3.63) is 12.7 Å². The van der Waals surface area contributed by atoms with Crippen LogP contribution < -0.4 is 0 Å². The summed E-state index contributed by atoms with van der Waals surface area (Å²) in [4.78, 5) is 11.0. The van der Waals surface area contributed by atoms with Crippen LogP contribution in [0.25, 0.3) is 0 Å². The molecule has 0 aromatic rings. The van der Waals surface area contributed by atoms with Crippen LogP contribution in [0.1, 0.15) is 12.8 Å². The van der Waals surface area contributed by atoms with E-state index in [1.807, 2.05) is 0 Å². The Morgan fingerprint density at radius 2 is 2.30 bits per heavy atom. The lowest BCUT2D eigenvalue weighted by atomic mass is 10.1. The Labute approximate surface area is 70.0 Å². The number of ketones is 1. The molecule has 1 nitrogen and oxygen atoms in total. The Kier molecular flexibility index (Phi) is 2.07. The van der Waals surface area contributed by atoms with Gasteiger partial charge in [-0.1, -0.05) is 29.3 Å². The number of halogens is 2. The molecule has 1 saturated carbocycles. The summed E-state index contributed by atoms with van der Waals surface area (Å²) < 4.78 is -1.19. The summed E-state index contributed by atoms with van der Waals surface area (Å²) in [6.07, 6.45) is 2.85. The van der Waals surface area contributed by atoms with Crippen LogP contribution in [-0.2, 0) is 4.79 Å². The summed E-state index contributed by atoms with van der Waals surface area (Å²) in [5.41, 5.74) is 0. The number of hydrogen-bond acceptors (Lipinski definition) is 1. The highest BCUT2D eigenvalue weighted by Crippen LogP contribution is 2.42. The lowest BCUT2D eigenvalue weighted by molar-refractivity contribution is -0.118. The maximum absolute atomic E-state index is 11.0. The molecule has 0 N–H and O–H groups in total. The van der Waals surface area contributed by atoms with Crippen molar-refractivity contribution in [3.63, 3.8) is 0 Å². The zero-order valence-corrected chi connectivity index (χ0v) is 6.95. The van der Waals surface area contributed by atoms with Crippen molar-refractivity contribution in [3.8, 4) is 0 Å². The largest absolute Gasteiger partial charge is 0.296 e. The first kappa shape index (κ1) is 8.09. The molecule has 0 bridgehead atoms. The van der Waals surface area contributed by atoms with Crippen molar-refractivity contribution < 1.29 is 4.79 Å². The summed E-state index contributed by atoms with van der Waals surface area (Å²) in [5.74, 6) is -0.149. The molecule has 0 spiro atoms. The number of hydrogen-bond donors (Lipinski definition) is 0. The Balaban J connectivity index is 2.83. The van der Waals surface area contributed by atoms with E-state index in [1.165, 1.54) is 0 Å². The molecule has 1 atom stereocenters. The molecule has 1 rings (SSSR count). The first-order valence-electron chi connectivity index (χ1n) is 3.12. The van der Waals surface area contributed by atoms with E-state index >= 15 is 0 Å². The highest BCUT2D eigenvalue weighted by molar-refractivity contribution is 6.59. The second kappa shape index (κ2) is 2.55. The van der Waals surface area contributed by atoms with Gasteiger partial charge in [-0.25, -0.2) is 0 Å². The summed E-state index contributed by atoms with van der Waals surface area (Å²) >= 11 is 11.5. The zero-order chi connectivity index (χ0) is 7.78. The molecular formula is C7H8Cl2O. The third-order valence-corrected chi connectivity index (χ3v) is 2.79. The summed E-state index contributed by atoms with van der Waals surface area (Å²) in [5, 5.41) is 0. The van der Waals surface area contributed by atoms with Crippen LogP contribution >= 0.6 is 23.2 Å². The molecule has 1 aliphatic carbocycles. The van der Waals surface area contributed by atoms with Gasteiger partial charge in [0.25, 0.3) is 0 Å². The lowest BCUT2D eigenvalue weighted by Gasteiger charge is -2.15. The van der Waals surface area contributed by atoms with Gasteiger partial charge in [-0.15, -0.1) is 6.58 Å². The molecular weight excluding hydrogens is 171 g/mol. The highest BCUT2D eigenvalue weighted by atomic mass is 35.5. The van der Waals surface area contributed by atoms with Gasteiger partial charge >= 0.3 is 0 Å². The van der Waals surface area contributed by atoms with E-state index in [2.05, 4.69) is 6.58 Å². The highest BCUT2D eigenvalue weighted by Gasteiger charge is 2.45. The average molecular weight is 179 g/mol. The van der Waals surface area contributed by atoms with Crippen molar-refractivity contribution in [1.29, 1.82) is 0 Å². The standard InChI is InChI=1S/C7H8Cl2O/c1-2-5-3-4-6(10)7(5,8)9/h2,5H,1,3-4H2. The molecule has 0 aliphatic heterocycles. The predicted octanol–water partition coefficient (Wildman–Crippen LogP) is 2.33. The second-order valence-electron chi connectivity index (χ2n) is 2.43. The fourth-order valence-electron chi connectivity index (χ4n) is 1.11. The number of alkyl halides is 2. The third kappa shape index (κ3) is 1.08. The first-order valence-corrected chi connectivity index (χ1v) is 3.88. The van der Waals surface area contributed by atoms with Crippen LogP contribution in [0.4, 0.5) is 0 Å².